The minimum Gasteiger partial charge on any atom is -0.497 e. The van der Waals surface area contributed by atoms with Crippen molar-refractivity contribution in [3.05, 3.63) is 60.3 Å². The summed E-state index contributed by atoms with van der Waals surface area (Å²) < 4.78 is 12.0. The number of hydrogen-bond donors (Lipinski definition) is 0. The van der Waals surface area contributed by atoms with Gasteiger partial charge in [0.1, 0.15) is 11.5 Å². The van der Waals surface area contributed by atoms with Crippen molar-refractivity contribution in [3.8, 4) is 11.5 Å². The Morgan fingerprint density at radius 1 is 1.09 bits per heavy atom. The largest absolute Gasteiger partial charge is 0.497 e. The number of para-hydroxylation sites is 1. The molecule has 3 aromatic rings. The lowest BCUT2D eigenvalue weighted by Gasteiger charge is -2.07. The van der Waals surface area contributed by atoms with E-state index in [1.165, 1.54) is 10.8 Å². The molecule has 0 aliphatic carbocycles. The van der Waals surface area contributed by atoms with Gasteiger partial charge in [-0.1, -0.05) is 18.2 Å². The highest BCUT2D eigenvalue weighted by atomic mass is 16.5. The number of hydrogen-bond acceptors (Lipinski definition) is 4. The summed E-state index contributed by atoms with van der Waals surface area (Å²) in [5, 5.41) is 0.750. The predicted molar refractivity (Wildman–Crippen MR) is 86.4 cm³/mol. The van der Waals surface area contributed by atoms with Gasteiger partial charge in [0.15, 0.2) is 12.9 Å². The quantitative estimate of drug-likeness (QED) is 0.679. The molecular formula is C18H15NO4. The van der Waals surface area contributed by atoms with Crippen molar-refractivity contribution in [2.45, 2.75) is 0 Å². The summed E-state index contributed by atoms with van der Waals surface area (Å²) in [7, 11) is 1.58. The van der Waals surface area contributed by atoms with Gasteiger partial charge in [0.2, 0.25) is 0 Å². The van der Waals surface area contributed by atoms with Gasteiger partial charge in [0.05, 0.1) is 12.6 Å². The predicted octanol–water partition coefficient (Wildman–Crippen LogP) is 3.18. The highest BCUT2D eigenvalue weighted by Crippen LogP contribution is 2.20. The van der Waals surface area contributed by atoms with Gasteiger partial charge in [0.25, 0.3) is 5.91 Å². The van der Waals surface area contributed by atoms with Crippen LogP contribution in [0, 0.1) is 0 Å². The van der Waals surface area contributed by atoms with Gasteiger partial charge in [0, 0.05) is 17.1 Å². The Morgan fingerprint density at radius 2 is 1.78 bits per heavy atom. The topological polar surface area (TPSA) is 57.5 Å². The lowest BCUT2D eigenvalue weighted by Crippen LogP contribution is -2.18. The first-order valence-electron chi connectivity index (χ1n) is 7.08. The van der Waals surface area contributed by atoms with Crippen LogP contribution in [0.2, 0.25) is 0 Å². The number of methoxy groups -OCH3 is 1. The van der Waals surface area contributed by atoms with E-state index in [0.717, 1.165) is 17.4 Å². The monoisotopic (exact) mass is 309 g/mol. The summed E-state index contributed by atoms with van der Waals surface area (Å²) >= 11 is 0. The third-order valence-electron chi connectivity index (χ3n) is 3.56. The molecule has 0 fully saturated rings. The maximum Gasteiger partial charge on any atom is 0.269 e. The molecule has 116 valence electrons. The second kappa shape index (κ2) is 6.36. The maximum atomic E-state index is 12.4. The molecule has 5 nitrogen and oxygen atoms in total. The zero-order chi connectivity index (χ0) is 16.2. The van der Waals surface area contributed by atoms with Gasteiger partial charge >= 0.3 is 0 Å². The molecule has 3 rings (SSSR count). The summed E-state index contributed by atoms with van der Waals surface area (Å²) in [6, 6.07) is 14.3. The van der Waals surface area contributed by atoms with E-state index in [1.54, 1.807) is 37.4 Å². The first kappa shape index (κ1) is 14.8. The number of rotatable bonds is 5. The fraction of sp³-hybridized carbons (Fsp3) is 0.111. The number of aldehydes is 1. The van der Waals surface area contributed by atoms with Gasteiger partial charge in [-0.25, -0.2) is 0 Å². The summed E-state index contributed by atoms with van der Waals surface area (Å²) in [6.07, 6.45) is 2.29. The van der Waals surface area contributed by atoms with E-state index in [0.29, 0.717) is 16.8 Å². The SMILES string of the molecule is COc1ccc(OCC(=O)n2cc(C=O)c3ccccc32)cc1. The Morgan fingerprint density at radius 3 is 2.48 bits per heavy atom. The van der Waals surface area contributed by atoms with Crippen LogP contribution in [0.25, 0.3) is 10.9 Å². The van der Waals surface area contributed by atoms with Crippen molar-refractivity contribution in [2.75, 3.05) is 13.7 Å². The third-order valence-corrected chi connectivity index (χ3v) is 3.56. The zero-order valence-electron chi connectivity index (χ0n) is 12.6. The normalized spacial score (nSPS) is 10.5. The number of fused-ring (bicyclic) bond motifs is 1. The van der Waals surface area contributed by atoms with Crippen molar-refractivity contribution in [2.24, 2.45) is 0 Å². The average molecular weight is 309 g/mol. The maximum absolute atomic E-state index is 12.4. The van der Waals surface area contributed by atoms with E-state index < -0.39 is 0 Å². The highest BCUT2D eigenvalue weighted by Gasteiger charge is 2.13. The van der Waals surface area contributed by atoms with Crippen molar-refractivity contribution in [3.63, 3.8) is 0 Å². The van der Waals surface area contributed by atoms with Crippen molar-refractivity contribution in [1.29, 1.82) is 0 Å². The second-order valence-corrected chi connectivity index (χ2v) is 4.95. The smallest absolute Gasteiger partial charge is 0.269 e. The number of carbonyl (C=O) groups is 2. The summed E-state index contributed by atoms with van der Waals surface area (Å²) in [5.74, 6) is 1.05. The van der Waals surface area contributed by atoms with E-state index in [4.69, 9.17) is 9.47 Å². The molecule has 0 saturated carbocycles. The highest BCUT2D eigenvalue weighted by molar-refractivity contribution is 6.02. The molecule has 0 unspecified atom stereocenters. The molecule has 1 aromatic heterocycles. The Kier molecular flexibility index (Phi) is 4.10. The number of aromatic nitrogens is 1. The molecule has 0 amide bonds. The van der Waals surface area contributed by atoms with Crippen LogP contribution in [-0.2, 0) is 0 Å². The number of ether oxygens (including phenoxy) is 2. The lowest BCUT2D eigenvalue weighted by molar-refractivity contribution is 0.0843. The van der Waals surface area contributed by atoms with Crippen LogP contribution in [0.5, 0.6) is 11.5 Å². The summed E-state index contributed by atoms with van der Waals surface area (Å²) in [6.45, 7) is -0.122. The molecule has 0 spiro atoms. The average Bonchev–Trinajstić information content (AvgIpc) is 2.99. The molecule has 1 heterocycles. The van der Waals surface area contributed by atoms with E-state index in [2.05, 4.69) is 0 Å². The third kappa shape index (κ3) is 2.94. The molecular weight excluding hydrogens is 294 g/mol. The van der Waals surface area contributed by atoms with Gasteiger partial charge in [-0.15, -0.1) is 0 Å². The molecule has 0 radical (unpaired) electrons. The van der Waals surface area contributed by atoms with Crippen LogP contribution in [0.1, 0.15) is 15.2 Å². The van der Waals surface area contributed by atoms with Crippen molar-refractivity contribution < 1.29 is 19.1 Å². The van der Waals surface area contributed by atoms with Crippen LogP contribution in [0.4, 0.5) is 0 Å². The summed E-state index contributed by atoms with van der Waals surface area (Å²) in [4.78, 5) is 23.5. The van der Waals surface area contributed by atoms with Gasteiger partial charge in [-0.2, -0.15) is 0 Å². The minimum absolute atomic E-state index is 0.122. The van der Waals surface area contributed by atoms with Crippen molar-refractivity contribution >= 4 is 23.1 Å². The summed E-state index contributed by atoms with van der Waals surface area (Å²) in [5.41, 5.74) is 1.18. The van der Waals surface area contributed by atoms with Crippen LogP contribution in [-0.4, -0.2) is 30.5 Å². The molecule has 5 heteroatoms. The first-order chi connectivity index (χ1) is 11.2. The Labute approximate surface area is 133 Å². The minimum atomic E-state index is -0.245. The standard InChI is InChI=1S/C18H15NO4/c1-22-14-6-8-15(9-7-14)23-12-18(21)19-10-13(11-20)16-4-2-3-5-17(16)19/h2-11H,12H2,1H3. The van der Waals surface area contributed by atoms with Crippen LogP contribution in [0.3, 0.4) is 0 Å². The first-order valence-corrected chi connectivity index (χ1v) is 7.08. The zero-order valence-corrected chi connectivity index (χ0v) is 12.6. The molecule has 0 saturated heterocycles. The fourth-order valence-electron chi connectivity index (χ4n) is 2.39. The van der Waals surface area contributed by atoms with E-state index >= 15 is 0 Å². The number of nitrogens with zero attached hydrogens (tertiary/aromatic N) is 1. The Bertz CT molecular complexity index is 849. The molecule has 0 aliphatic rings. The van der Waals surface area contributed by atoms with Gasteiger partial charge in [-0.3, -0.25) is 14.2 Å². The van der Waals surface area contributed by atoms with Gasteiger partial charge in [-0.05, 0) is 30.3 Å². The van der Waals surface area contributed by atoms with Crippen LogP contribution in [0.15, 0.2) is 54.7 Å². The van der Waals surface area contributed by atoms with E-state index in [1.807, 2.05) is 18.2 Å². The molecule has 0 aliphatic heterocycles. The van der Waals surface area contributed by atoms with Crippen LogP contribution < -0.4 is 9.47 Å². The van der Waals surface area contributed by atoms with E-state index in [-0.39, 0.29) is 12.5 Å². The second-order valence-electron chi connectivity index (χ2n) is 4.95. The Balaban J connectivity index is 1.79. The fourth-order valence-corrected chi connectivity index (χ4v) is 2.39. The van der Waals surface area contributed by atoms with Gasteiger partial charge < -0.3 is 9.47 Å². The number of benzene rings is 2. The van der Waals surface area contributed by atoms with Crippen molar-refractivity contribution in [1.82, 2.24) is 4.57 Å². The number of carbonyl (C=O) groups excluding carboxylic acids is 2. The van der Waals surface area contributed by atoms with Crippen LogP contribution >= 0.6 is 0 Å². The molecule has 0 bridgehead atoms. The van der Waals surface area contributed by atoms with E-state index in [9.17, 15) is 9.59 Å². The lowest BCUT2D eigenvalue weighted by atomic mass is 10.2. The molecule has 2 aromatic carbocycles. The molecule has 23 heavy (non-hydrogen) atoms. The molecule has 0 atom stereocenters. The Hall–Kier alpha value is -3.08. The molecule has 0 N–H and O–H groups in total.